The van der Waals surface area contributed by atoms with E-state index in [2.05, 4.69) is 53.4 Å². The topological polar surface area (TPSA) is 57.3 Å². The Balaban J connectivity index is 1.26. The van der Waals surface area contributed by atoms with Crippen LogP contribution < -0.4 is 15.1 Å². The van der Waals surface area contributed by atoms with Gasteiger partial charge in [0.1, 0.15) is 11.9 Å². The zero-order valence-corrected chi connectivity index (χ0v) is 18.2. The van der Waals surface area contributed by atoms with Crippen LogP contribution in [-0.2, 0) is 9.63 Å². The Morgan fingerprint density at radius 1 is 1.13 bits per heavy atom. The van der Waals surface area contributed by atoms with Crippen molar-refractivity contribution in [3.05, 3.63) is 36.0 Å². The number of para-hydroxylation sites is 2. The highest BCUT2D eigenvalue weighted by atomic mass is 16.7. The second kappa shape index (κ2) is 9.71. The molecule has 7 nitrogen and oxygen atoms in total. The number of ether oxygens (including phenoxy) is 1. The van der Waals surface area contributed by atoms with Gasteiger partial charge in [-0.2, -0.15) is 0 Å². The predicted molar refractivity (Wildman–Crippen MR) is 117 cm³/mol. The van der Waals surface area contributed by atoms with Crippen LogP contribution in [0, 0.1) is 0 Å². The fourth-order valence-corrected chi connectivity index (χ4v) is 4.35. The van der Waals surface area contributed by atoms with Crippen LogP contribution in [0.5, 0.6) is 5.75 Å². The lowest BCUT2D eigenvalue weighted by Crippen LogP contribution is -2.48. The number of nitrogens with one attached hydrogen (secondary N) is 1. The van der Waals surface area contributed by atoms with Crippen molar-refractivity contribution in [2.45, 2.75) is 45.3 Å². The van der Waals surface area contributed by atoms with Gasteiger partial charge < -0.3 is 14.5 Å². The molecule has 3 heterocycles. The van der Waals surface area contributed by atoms with Gasteiger partial charge in [-0.25, -0.2) is 0 Å². The monoisotopic (exact) mass is 414 g/mol. The molecule has 0 saturated carbocycles. The third kappa shape index (κ3) is 5.26. The minimum atomic E-state index is 0.0306. The molecule has 4 rings (SSSR count). The van der Waals surface area contributed by atoms with Crippen LogP contribution >= 0.6 is 0 Å². The van der Waals surface area contributed by atoms with Gasteiger partial charge in [-0.3, -0.25) is 20.0 Å². The smallest absolute Gasteiger partial charge is 0.222 e. The van der Waals surface area contributed by atoms with Crippen molar-refractivity contribution < 1.29 is 14.4 Å². The third-order valence-electron chi connectivity index (χ3n) is 5.89. The van der Waals surface area contributed by atoms with Gasteiger partial charge in [-0.1, -0.05) is 12.1 Å². The standard InChI is InChI=1S/C23H34N4O3/c1-18(2)29-22-8-4-3-7-21(22)26-13-11-25(12-14-26)17-20-15-19(24-30-20)16-27-10-6-5-9-23(27)28/h3-4,7-8,15,18,20,24H,5-6,9-14,16-17H2,1-2H3. The summed E-state index contributed by atoms with van der Waals surface area (Å²) in [6.45, 7) is 10.4. The van der Waals surface area contributed by atoms with E-state index in [0.717, 1.165) is 63.6 Å². The molecule has 2 saturated heterocycles. The normalized spacial score (nSPS) is 23.0. The average Bonchev–Trinajstić information content (AvgIpc) is 3.17. The molecule has 164 valence electrons. The summed E-state index contributed by atoms with van der Waals surface area (Å²) in [6.07, 6.45) is 5.12. The van der Waals surface area contributed by atoms with E-state index in [1.807, 2.05) is 11.0 Å². The average molecular weight is 415 g/mol. The molecule has 3 aliphatic rings. The van der Waals surface area contributed by atoms with Gasteiger partial charge in [-0.15, -0.1) is 0 Å². The molecule has 1 aromatic carbocycles. The van der Waals surface area contributed by atoms with Crippen molar-refractivity contribution in [1.29, 1.82) is 0 Å². The van der Waals surface area contributed by atoms with Gasteiger partial charge in [0.05, 0.1) is 24.0 Å². The minimum absolute atomic E-state index is 0.0306. The number of amides is 1. The number of nitrogens with zero attached hydrogens (tertiary/aromatic N) is 3. The summed E-state index contributed by atoms with van der Waals surface area (Å²) >= 11 is 0. The quantitative estimate of drug-likeness (QED) is 0.740. The maximum Gasteiger partial charge on any atom is 0.222 e. The molecule has 0 spiro atoms. The highest BCUT2D eigenvalue weighted by molar-refractivity contribution is 5.77. The summed E-state index contributed by atoms with van der Waals surface area (Å²) in [5.41, 5.74) is 5.22. The van der Waals surface area contributed by atoms with E-state index in [9.17, 15) is 4.79 Å². The SMILES string of the molecule is CC(C)Oc1ccccc1N1CCN(CC2C=C(CN3CCCCC3=O)NO2)CC1. The van der Waals surface area contributed by atoms with E-state index in [1.165, 1.54) is 5.69 Å². The summed E-state index contributed by atoms with van der Waals surface area (Å²) in [7, 11) is 0. The molecule has 1 unspecified atom stereocenters. The molecule has 0 bridgehead atoms. The lowest BCUT2D eigenvalue weighted by Gasteiger charge is -2.37. The number of carbonyl (C=O) groups is 1. The number of carbonyl (C=O) groups excluding carboxylic acids is 1. The second-order valence-electron chi connectivity index (χ2n) is 8.64. The van der Waals surface area contributed by atoms with Crippen molar-refractivity contribution in [3.8, 4) is 5.75 Å². The van der Waals surface area contributed by atoms with Crippen molar-refractivity contribution in [3.63, 3.8) is 0 Å². The van der Waals surface area contributed by atoms with Gasteiger partial charge in [0.25, 0.3) is 0 Å². The maximum atomic E-state index is 12.0. The highest BCUT2D eigenvalue weighted by Gasteiger charge is 2.26. The summed E-state index contributed by atoms with van der Waals surface area (Å²) in [5.74, 6) is 1.22. The Kier molecular flexibility index (Phi) is 6.79. The van der Waals surface area contributed by atoms with Gasteiger partial charge in [-0.05, 0) is 44.9 Å². The molecule has 1 atom stereocenters. The van der Waals surface area contributed by atoms with E-state index in [4.69, 9.17) is 9.57 Å². The molecule has 1 amide bonds. The summed E-state index contributed by atoms with van der Waals surface area (Å²) in [5, 5.41) is 0. The Hall–Kier alpha value is -2.25. The predicted octanol–water partition coefficient (Wildman–Crippen LogP) is 2.40. The Bertz CT molecular complexity index is 759. The van der Waals surface area contributed by atoms with Crippen LogP contribution in [-0.4, -0.2) is 73.7 Å². The van der Waals surface area contributed by atoms with Crippen LogP contribution in [0.2, 0.25) is 0 Å². The first-order valence-corrected chi connectivity index (χ1v) is 11.2. The van der Waals surface area contributed by atoms with E-state index in [1.54, 1.807) is 0 Å². The largest absolute Gasteiger partial charge is 0.489 e. The van der Waals surface area contributed by atoms with E-state index in [-0.39, 0.29) is 18.1 Å². The first-order valence-electron chi connectivity index (χ1n) is 11.2. The van der Waals surface area contributed by atoms with Crippen LogP contribution in [0.25, 0.3) is 0 Å². The van der Waals surface area contributed by atoms with E-state index < -0.39 is 0 Å². The number of benzene rings is 1. The lowest BCUT2D eigenvalue weighted by molar-refractivity contribution is -0.132. The number of hydrogen-bond acceptors (Lipinski definition) is 6. The number of likely N-dealkylation sites (tertiary alicyclic amines) is 1. The molecule has 3 aliphatic heterocycles. The van der Waals surface area contributed by atoms with Crippen LogP contribution in [0.3, 0.4) is 0 Å². The molecule has 0 aromatic heterocycles. The first kappa shape index (κ1) is 21.0. The van der Waals surface area contributed by atoms with E-state index in [0.29, 0.717) is 13.0 Å². The van der Waals surface area contributed by atoms with E-state index >= 15 is 0 Å². The van der Waals surface area contributed by atoms with Gasteiger partial charge in [0.15, 0.2) is 0 Å². The van der Waals surface area contributed by atoms with Crippen LogP contribution in [0.4, 0.5) is 5.69 Å². The van der Waals surface area contributed by atoms with Crippen molar-refractivity contribution in [2.24, 2.45) is 0 Å². The number of piperazine rings is 1. The molecule has 2 fully saturated rings. The molecule has 0 radical (unpaired) electrons. The van der Waals surface area contributed by atoms with Crippen molar-refractivity contribution in [2.75, 3.05) is 50.7 Å². The molecule has 7 heteroatoms. The Morgan fingerprint density at radius 3 is 2.70 bits per heavy atom. The van der Waals surface area contributed by atoms with Crippen LogP contribution in [0.15, 0.2) is 36.0 Å². The molecular formula is C23H34N4O3. The lowest BCUT2D eigenvalue weighted by atomic mass is 10.1. The minimum Gasteiger partial charge on any atom is -0.489 e. The number of piperidine rings is 1. The fraction of sp³-hybridized carbons (Fsp3) is 0.609. The van der Waals surface area contributed by atoms with Gasteiger partial charge in [0.2, 0.25) is 5.91 Å². The molecule has 1 N–H and O–H groups in total. The Labute approximate surface area is 179 Å². The second-order valence-corrected chi connectivity index (χ2v) is 8.64. The summed E-state index contributed by atoms with van der Waals surface area (Å²) < 4.78 is 6.00. The van der Waals surface area contributed by atoms with Gasteiger partial charge in [0, 0.05) is 45.7 Å². The first-order chi connectivity index (χ1) is 14.6. The zero-order chi connectivity index (χ0) is 20.9. The fourth-order valence-electron chi connectivity index (χ4n) is 4.35. The molecule has 0 aliphatic carbocycles. The maximum absolute atomic E-state index is 12.0. The number of hydrogen-bond donors (Lipinski definition) is 1. The van der Waals surface area contributed by atoms with Crippen LogP contribution in [0.1, 0.15) is 33.1 Å². The van der Waals surface area contributed by atoms with Gasteiger partial charge >= 0.3 is 0 Å². The number of hydroxylamine groups is 1. The number of anilines is 1. The molecular weight excluding hydrogens is 380 g/mol. The summed E-state index contributed by atoms with van der Waals surface area (Å²) in [6, 6.07) is 8.31. The third-order valence-corrected chi connectivity index (χ3v) is 5.89. The van der Waals surface area contributed by atoms with Crippen molar-refractivity contribution >= 4 is 11.6 Å². The highest BCUT2D eigenvalue weighted by Crippen LogP contribution is 2.29. The number of rotatable bonds is 7. The van der Waals surface area contributed by atoms with Crippen molar-refractivity contribution in [1.82, 2.24) is 15.3 Å². The zero-order valence-electron chi connectivity index (χ0n) is 18.2. The molecule has 30 heavy (non-hydrogen) atoms. The molecule has 1 aromatic rings. The summed E-state index contributed by atoms with van der Waals surface area (Å²) in [4.78, 5) is 24.6. The Morgan fingerprint density at radius 2 is 1.93 bits per heavy atom.